The molecule has 1 saturated heterocycles. The lowest BCUT2D eigenvalue weighted by molar-refractivity contribution is -0.117. The minimum atomic E-state index is 0.191. The molecule has 0 saturated carbocycles. The summed E-state index contributed by atoms with van der Waals surface area (Å²) in [7, 11) is 3.20. The molecule has 0 amide bonds. The molecular weight excluding hydrogens is 354 g/mol. The number of piperidine rings is 1. The normalized spacial score (nSPS) is 16.2. The van der Waals surface area contributed by atoms with Gasteiger partial charge in [0.2, 0.25) is 5.75 Å². The zero-order valence-corrected chi connectivity index (χ0v) is 16.7. The summed E-state index contributed by atoms with van der Waals surface area (Å²) < 4.78 is 16.6. The van der Waals surface area contributed by atoms with Crippen molar-refractivity contribution in [3.63, 3.8) is 0 Å². The van der Waals surface area contributed by atoms with Gasteiger partial charge in [-0.15, -0.1) is 0 Å². The van der Waals surface area contributed by atoms with E-state index in [1.807, 2.05) is 43.3 Å². The molecule has 0 spiro atoms. The zero-order chi connectivity index (χ0) is 19.9. The average Bonchev–Trinajstić information content (AvgIpc) is 2.72. The van der Waals surface area contributed by atoms with E-state index in [1.54, 1.807) is 14.2 Å². The maximum Gasteiger partial charge on any atom is 0.203 e. The van der Waals surface area contributed by atoms with Crippen molar-refractivity contribution in [2.45, 2.75) is 19.9 Å². The Morgan fingerprint density at radius 3 is 2.36 bits per heavy atom. The lowest BCUT2D eigenvalue weighted by Gasteiger charge is -2.28. The summed E-state index contributed by atoms with van der Waals surface area (Å²) >= 11 is 0. The number of likely N-dealkylation sites (tertiary alicyclic amines) is 1. The van der Waals surface area contributed by atoms with Crippen LogP contribution in [0.1, 0.15) is 24.5 Å². The molecule has 0 aliphatic carbocycles. The van der Waals surface area contributed by atoms with Crippen molar-refractivity contribution in [2.75, 3.05) is 33.9 Å². The van der Waals surface area contributed by atoms with Crippen molar-refractivity contribution in [1.82, 2.24) is 4.90 Å². The first kappa shape index (κ1) is 20.0. The summed E-state index contributed by atoms with van der Waals surface area (Å²) in [4.78, 5) is 14.8. The summed E-state index contributed by atoms with van der Waals surface area (Å²) in [5.74, 6) is 1.96. The van der Waals surface area contributed by atoms with E-state index in [0.29, 0.717) is 36.8 Å². The van der Waals surface area contributed by atoms with Crippen LogP contribution in [-0.4, -0.2) is 44.6 Å². The van der Waals surface area contributed by atoms with Gasteiger partial charge in [0, 0.05) is 31.6 Å². The van der Waals surface area contributed by atoms with Gasteiger partial charge >= 0.3 is 0 Å². The number of hydrogen-bond donors (Lipinski definition) is 0. The Hall–Kier alpha value is -2.79. The van der Waals surface area contributed by atoms with Crippen LogP contribution in [0.4, 0.5) is 0 Å². The Morgan fingerprint density at radius 2 is 1.75 bits per heavy atom. The fraction of sp³-hybridized carbons (Fsp3) is 0.348. The number of carbonyl (C=O) groups is 1. The number of nitrogens with zero attached hydrogens (tertiary/aromatic N) is 1. The SMILES string of the molecule is CCOc1c(OC)cc(/C=C2\CN(Cc3ccccc3)CCC2=O)cc1OC. The number of benzene rings is 2. The summed E-state index contributed by atoms with van der Waals surface area (Å²) in [5, 5.41) is 0. The van der Waals surface area contributed by atoms with Gasteiger partial charge in [0.05, 0.1) is 20.8 Å². The zero-order valence-electron chi connectivity index (χ0n) is 16.7. The highest BCUT2D eigenvalue weighted by molar-refractivity contribution is 6.00. The molecule has 0 aromatic heterocycles. The largest absolute Gasteiger partial charge is 0.493 e. The smallest absolute Gasteiger partial charge is 0.203 e. The maximum atomic E-state index is 12.5. The van der Waals surface area contributed by atoms with Crippen molar-refractivity contribution >= 4 is 11.9 Å². The molecule has 148 valence electrons. The number of rotatable bonds is 7. The first-order valence-corrected chi connectivity index (χ1v) is 9.53. The van der Waals surface area contributed by atoms with Crippen LogP contribution in [0.3, 0.4) is 0 Å². The van der Waals surface area contributed by atoms with Gasteiger partial charge in [-0.3, -0.25) is 9.69 Å². The minimum Gasteiger partial charge on any atom is -0.493 e. The van der Waals surface area contributed by atoms with Gasteiger partial charge in [-0.05, 0) is 36.3 Å². The molecule has 0 atom stereocenters. The minimum absolute atomic E-state index is 0.191. The van der Waals surface area contributed by atoms with Gasteiger partial charge < -0.3 is 14.2 Å². The van der Waals surface area contributed by atoms with E-state index in [2.05, 4.69) is 17.0 Å². The molecule has 0 radical (unpaired) electrons. The van der Waals surface area contributed by atoms with E-state index in [4.69, 9.17) is 14.2 Å². The molecule has 1 aliphatic rings. The monoisotopic (exact) mass is 381 g/mol. The van der Waals surface area contributed by atoms with Gasteiger partial charge in [-0.1, -0.05) is 30.3 Å². The first-order valence-electron chi connectivity index (χ1n) is 9.53. The highest BCUT2D eigenvalue weighted by atomic mass is 16.5. The van der Waals surface area contributed by atoms with Gasteiger partial charge in [0.15, 0.2) is 17.3 Å². The third kappa shape index (κ3) is 4.73. The molecule has 5 nitrogen and oxygen atoms in total. The van der Waals surface area contributed by atoms with E-state index in [0.717, 1.165) is 24.2 Å². The molecule has 28 heavy (non-hydrogen) atoms. The molecule has 1 heterocycles. The van der Waals surface area contributed by atoms with Crippen molar-refractivity contribution in [3.8, 4) is 17.2 Å². The summed E-state index contributed by atoms with van der Waals surface area (Å²) in [6, 6.07) is 14.1. The van der Waals surface area contributed by atoms with E-state index in [1.165, 1.54) is 5.56 Å². The van der Waals surface area contributed by atoms with Crippen molar-refractivity contribution in [1.29, 1.82) is 0 Å². The summed E-state index contributed by atoms with van der Waals surface area (Å²) in [6.07, 6.45) is 2.46. The second-order valence-electron chi connectivity index (χ2n) is 6.73. The topological polar surface area (TPSA) is 48.0 Å². The van der Waals surface area contributed by atoms with E-state index in [-0.39, 0.29) is 5.78 Å². The fourth-order valence-corrected chi connectivity index (χ4v) is 3.40. The summed E-state index contributed by atoms with van der Waals surface area (Å²) in [5.41, 5.74) is 2.91. The molecule has 0 N–H and O–H groups in total. The Morgan fingerprint density at radius 1 is 1.07 bits per heavy atom. The predicted molar refractivity (Wildman–Crippen MR) is 110 cm³/mol. The van der Waals surface area contributed by atoms with E-state index >= 15 is 0 Å². The number of Topliss-reactive ketones (excluding diaryl/α,β-unsaturated/α-hetero) is 1. The molecule has 0 bridgehead atoms. The second-order valence-corrected chi connectivity index (χ2v) is 6.73. The van der Waals surface area contributed by atoms with Gasteiger partial charge in [0.1, 0.15) is 0 Å². The number of hydrogen-bond acceptors (Lipinski definition) is 5. The molecule has 5 heteroatoms. The van der Waals surface area contributed by atoms with Crippen molar-refractivity contribution in [2.24, 2.45) is 0 Å². The Bertz CT molecular complexity index is 820. The lowest BCUT2D eigenvalue weighted by Crippen LogP contribution is -2.35. The predicted octanol–water partition coefficient (Wildman–Crippen LogP) is 3.96. The molecule has 2 aromatic rings. The Kier molecular flexibility index (Phi) is 6.71. The average molecular weight is 381 g/mol. The number of carbonyl (C=O) groups excluding carboxylic acids is 1. The fourth-order valence-electron chi connectivity index (χ4n) is 3.40. The van der Waals surface area contributed by atoms with Gasteiger partial charge in [-0.2, -0.15) is 0 Å². The third-order valence-corrected chi connectivity index (χ3v) is 4.77. The van der Waals surface area contributed by atoms with Gasteiger partial charge in [0.25, 0.3) is 0 Å². The molecular formula is C23H27NO4. The number of ether oxygens (including phenoxy) is 3. The van der Waals surface area contributed by atoms with E-state index in [9.17, 15) is 4.79 Å². The van der Waals surface area contributed by atoms with Crippen LogP contribution in [0.25, 0.3) is 6.08 Å². The van der Waals surface area contributed by atoms with Crippen LogP contribution in [0, 0.1) is 0 Å². The quantitative estimate of drug-likeness (QED) is 0.680. The molecule has 0 unspecified atom stereocenters. The second kappa shape index (κ2) is 9.42. The van der Waals surface area contributed by atoms with Crippen LogP contribution < -0.4 is 14.2 Å². The lowest BCUT2D eigenvalue weighted by atomic mass is 9.99. The Balaban J connectivity index is 1.85. The first-order chi connectivity index (χ1) is 13.6. The molecule has 1 aliphatic heterocycles. The van der Waals surface area contributed by atoms with Crippen molar-refractivity contribution in [3.05, 3.63) is 59.2 Å². The maximum absolute atomic E-state index is 12.5. The van der Waals surface area contributed by atoms with Crippen LogP contribution in [0.15, 0.2) is 48.0 Å². The van der Waals surface area contributed by atoms with Crippen LogP contribution in [0.5, 0.6) is 17.2 Å². The van der Waals surface area contributed by atoms with Crippen molar-refractivity contribution < 1.29 is 19.0 Å². The van der Waals surface area contributed by atoms with Crippen LogP contribution in [-0.2, 0) is 11.3 Å². The molecule has 1 fully saturated rings. The van der Waals surface area contributed by atoms with E-state index < -0.39 is 0 Å². The summed E-state index contributed by atoms with van der Waals surface area (Å²) in [6.45, 7) is 4.67. The number of ketones is 1. The molecule has 2 aromatic carbocycles. The van der Waals surface area contributed by atoms with Gasteiger partial charge in [-0.25, -0.2) is 0 Å². The highest BCUT2D eigenvalue weighted by Crippen LogP contribution is 2.39. The van der Waals surface area contributed by atoms with Crippen LogP contribution in [0.2, 0.25) is 0 Å². The third-order valence-electron chi connectivity index (χ3n) is 4.77. The highest BCUT2D eigenvalue weighted by Gasteiger charge is 2.22. The molecule has 3 rings (SSSR count). The van der Waals surface area contributed by atoms with Crippen LogP contribution >= 0.6 is 0 Å². The Labute approximate surface area is 166 Å². The standard InChI is InChI=1S/C23H27NO4/c1-4-28-23-21(26-2)13-18(14-22(23)27-3)12-19-16-24(11-10-20(19)25)15-17-8-6-5-7-9-17/h5-9,12-14H,4,10-11,15-16H2,1-3H3/b19-12+. The number of methoxy groups -OCH3 is 2.